The summed E-state index contributed by atoms with van der Waals surface area (Å²) in [6.07, 6.45) is 3.96. The van der Waals surface area contributed by atoms with Crippen molar-refractivity contribution >= 4 is 0 Å². The van der Waals surface area contributed by atoms with Crippen molar-refractivity contribution in [3.63, 3.8) is 0 Å². The topological polar surface area (TPSA) is 15.3 Å². The van der Waals surface area contributed by atoms with Crippen molar-refractivity contribution in [3.8, 4) is 0 Å². The molecule has 1 aliphatic heterocycles. The van der Waals surface area contributed by atoms with Crippen LogP contribution < -0.4 is 5.32 Å². The van der Waals surface area contributed by atoms with Gasteiger partial charge in [0.2, 0.25) is 0 Å². The van der Waals surface area contributed by atoms with E-state index >= 15 is 0 Å². The van der Waals surface area contributed by atoms with Crippen molar-refractivity contribution in [2.45, 2.75) is 45.1 Å². The monoisotopic (exact) mass is 274 g/mol. The van der Waals surface area contributed by atoms with Crippen molar-refractivity contribution in [1.82, 2.24) is 10.2 Å². The quantitative estimate of drug-likeness (QED) is 0.854. The third-order valence-corrected chi connectivity index (χ3v) is 4.78. The summed E-state index contributed by atoms with van der Waals surface area (Å²) in [4.78, 5) is 2.47. The fraction of sp³-hybridized carbons (Fsp3) is 0.667. The zero-order chi connectivity index (χ0) is 14.4. The lowest BCUT2D eigenvalue weighted by Gasteiger charge is -2.34. The molecular weight excluding hydrogens is 244 g/mol. The largest absolute Gasteiger partial charge is 0.314 e. The van der Waals surface area contributed by atoms with Crippen molar-refractivity contribution in [2.24, 2.45) is 5.92 Å². The first kappa shape index (κ1) is 15.5. The number of rotatable bonds is 6. The van der Waals surface area contributed by atoms with Gasteiger partial charge in [-0.1, -0.05) is 37.3 Å². The molecule has 20 heavy (non-hydrogen) atoms. The molecule has 2 rings (SSSR count). The Kier molecular flexibility index (Phi) is 6.06. The van der Waals surface area contributed by atoms with E-state index < -0.39 is 0 Å². The van der Waals surface area contributed by atoms with Crippen LogP contribution in [0.5, 0.6) is 0 Å². The third kappa shape index (κ3) is 4.60. The first-order valence-corrected chi connectivity index (χ1v) is 8.13. The summed E-state index contributed by atoms with van der Waals surface area (Å²) in [6, 6.07) is 11.5. The van der Waals surface area contributed by atoms with Gasteiger partial charge in [0.1, 0.15) is 0 Å². The second-order valence-corrected chi connectivity index (χ2v) is 6.51. The van der Waals surface area contributed by atoms with Gasteiger partial charge in [-0.3, -0.25) is 0 Å². The molecule has 1 saturated heterocycles. The number of benzene rings is 1. The third-order valence-electron chi connectivity index (χ3n) is 4.78. The standard InChI is InChI=1S/C18H30N2/c1-15(17-8-5-4-6-9-17)11-12-19-16(2)18-10-7-13-20(3)14-18/h4-6,8-9,15-16,18-19H,7,10-14H2,1-3H3. The minimum Gasteiger partial charge on any atom is -0.314 e. The molecule has 0 spiro atoms. The smallest absolute Gasteiger partial charge is 0.00792 e. The first-order chi connectivity index (χ1) is 9.66. The minimum absolute atomic E-state index is 0.640. The van der Waals surface area contributed by atoms with E-state index in [1.807, 2.05) is 0 Å². The van der Waals surface area contributed by atoms with Gasteiger partial charge in [-0.05, 0) is 63.7 Å². The van der Waals surface area contributed by atoms with E-state index in [-0.39, 0.29) is 0 Å². The summed E-state index contributed by atoms with van der Waals surface area (Å²) in [5, 5.41) is 3.75. The molecule has 112 valence electrons. The Morgan fingerprint density at radius 2 is 2.00 bits per heavy atom. The fourth-order valence-corrected chi connectivity index (χ4v) is 3.26. The maximum atomic E-state index is 3.75. The van der Waals surface area contributed by atoms with E-state index in [2.05, 4.69) is 61.4 Å². The Balaban J connectivity index is 1.70. The number of nitrogens with zero attached hydrogens (tertiary/aromatic N) is 1. The lowest BCUT2D eigenvalue weighted by molar-refractivity contribution is 0.179. The highest BCUT2D eigenvalue weighted by Crippen LogP contribution is 2.20. The van der Waals surface area contributed by atoms with Crippen molar-refractivity contribution in [2.75, 3.05) is 26.7 Å². The molecule has 1 N–H and O–H groups in total. The van der Waals surface area contributed by atoms with Crippen LogP contribution in [-0.2, 0) is 0 Å². The van der Waals surface area contributed by atoms with Gasteiger partial charge >= 0.3 is 0 Å². The van der Waals surface area contributed by atoms with Crippen LogP contribution in [0.3, 0.4) is 0 Å². The molecule has 1 aliphatic rings. The van der Waals surface area contributed by atoms with E-state index in [0.29, 0.717) is 12.0 Å². The van der Waals surface area contributed by atoms with Crippen molar-refractivity contribution < 1.29 is 0 Å². The number of likely N-dealkylation sites (tertiary alicyclic amines) is 1. The highest BCUT2D eigenvalue weighted by Gasteiger charge is 2.22. The molecule has 1 aromatic rings. The summed E-state index contributed by atoms with van der Waals surface area (Å²) in [5.74, 6) is 1.46. The van der Waals surface area contributed by atoms with E-state index in [9.17, 15) is 0 Å². The highest BCUT2D eigenvalue weighted by atomic mass is 15.1. The number of piperidine rings is 1. The average Bonchev–Trinajstić information content (AvgIpc) is 2.48. The summed E-state index contributed by atoms with van der Waals surface area (Å²) in [6.45, 7) is 8.33. The lowest BCUT2D eigenvalue weighted by Crippen LogP contribution is -2.43. The van der Waals surface area contributed by atoms with Crippen LogP contribution >= 0.6 is 0 Å². The maximum Gasteiger partial charge on any atom is 0.00792 e. The molecule has 0 aliphatic carbocycles. The molecule has 2 heteroatoms. The van der Waals surface area contributed by atoms with E-state index in [4.69, 9.17) is 0 Å². The van der Waals surface area contributed by atoms with Crippen LogP contribution in [-0.4, -0.2) is 37.6 Å². The minimum atomic E-state index is 0.640. The van der Waals surface area contributed by atoms with Crippen LogP contribution in [0.1, 0.15) is 44.6 Å². The fourth-order valence-electron chi connectivity index (χ4n) is 3.26. The van der Waals surface area contributed by atoms with Gasteiger partial charge in [0.05, 0.1) is 0 Å². The van der Waals surface area contributed by atoms with E-state index in [1.54, 1.807) is 0 Å². The second-order valence-electron chi connectivity index (χ2n) is 6.51. The highest BCUT2D eigenvalue weighted by molar-refractivity contribution is 5.18. The predicted molar refractivity (Wildman–Crippen MR) is 87.2 cm³/mol. The van der Waals surface area contributed by atoms with Gasteiger partial charge in [0, 0.05) is 12.6 Å². The molecule has 3 unspecified atom stereocenters. The Morgan fingerprint density at radius 1 is 1.25 bits per heavy atom. The van der Waals surface area contributed by atoms with Gasteiger partial charge in [-0.2, -0.15) is 0 Å². The molecule has 3 atom stereocenters. The number of hydrogen-bond donors (Lipinski definition) is 1. The van der Waals surface area contributed by atoms with Gasteiger partial charge in [0.25, 0.3) is 0 Å². The zero-order valence-corrected chi connectivity index (χ0v) is 13.3. The molecule has 1 heterocycles. The van der Waals surface area contributed by atoms with Crippen LogP contribution in [0.25, 0.3) is 0 Å². The lowest BCUT2D eigenvalue weighted by atomic mass is 9.91. The summed E-state index contributed by atoms with van der Waals surface area (Å²) in [5.41, 5.74) is 1.46. The molecule has 1 fully saturated rings. The Hall–Kier alpha value is -0.860. The molecule has 2 nitrogen and oxygen atoms in total. The zero-order valence-electron chi connectivity index (χ0n) is 13.3. The summed E-state index contributed by atoms with van der Waals surface area (Å²) >= 11 is 0. The first-order valence-electron chi connectivity index (χ1n) is 8.13. The van der Waals surface area contributed by atoms with Crippen molar-refractivity contribution in [3.05, 3.63) is 35.9 Å². The van der Waals surface area contributed by atoms with Crippen LogP contribution in [0, 0.1) is 5.92 Å². The van der Waals surface area contributed by atoms with Crippen LogP contribution in [0.4, 0.5) is 0 Å². The Morgan fingerprint density at radius 3 is 2.70 bits per heavy atom. The second kappa shape index (κ2) is 7.80. The molecule has 1 aromatic carbocycles. The predicted octanol–water partition coefficient (Wildman–Crippen LogP) is 3.50. The Bertz CT molecular complexity index is 376. The van der Waals surface area contributed by atoms with Crippen LogP contribution in [0.15, 0.2) is 30.3 Å². The summed E-state index contributed by atoms with van der Waals surface area (Å²) in [7, 11) is 2.25. The normalized spacial score (nSPS) is 23.4. The number of hydrogen-bond acceptors (Lipinski definition) is 2. The summed E-state index contributed by atoms with van der Waals surface area (Å²) < 4.78 is 0. The SMILES string of the molecule is CC(CCNC(C)C1CCCN(C)C1)c1ccccc1. The number of nitrogens with one attached hydrogen (secondary N) is 1. The van der Waals surface area contributed by atoms with Gasteiger partial charge in [0.15, 0.2) is 0 Å². The maximum absolute atomic E-state index is 3.75. The van der Waals surface area contributed by atoms with Crippen molar-refractivity contribution in [1.29, 1.82) is 0 Å². The van der Waals surface area contributed by atoms with Gasteiger partial charge in [-0.25, -0.2) is 0 Å². The average molecular weight is 274 g/mol. The molecular formula is C18H30N2. The van der Waals surface area contributed by atoms with Gasteiger partial charge < -0.3 is 10.2 Å². The molecule has 0 bridgehead atoms. The van der Waals surface area contributed by atoms with E-state index in [1.165, 1.54) is 37.9 Å². The van der Waals surface area contributed by atoms with Gasteiger partial charge in [-0.15, -0.1) is 0 Å². The van der Waals surface area contributed by atoms with Crippen LogP contribution in [0.2, 0.25) is 0 Å². The molecule has 0 aromatic heterocycles. The molecule has 0 amide bonds. The molecule has 0 saturated carbocycles. The van der Waals surface area contributed by atoms with E-state index in [0.717, 1.165) is 12.5 Å². The Labute approximate surface area is 124 Å². The molecule has 0 radical (unpaired) electrons.